The van der Waals surface area contributed by atoms with Gasteiger partial charge in [0.1, 0.15) is 11.8 Å². The molecule has 1 amide bonds. The Labute approximate surface area is 132 Å². The number of hydrogen-bond donors (Lipinski definition) is 2. The minimum Gasteiger partial charge on any atom is -0.494 e. The number of carboxylic acid groups (broad SMARTS) is 1. The predicted molar refractivity (Wildman–Crippen MR) is 83.3 cm³/mol. The summed E-state index contributed by atoms with van der Waals surface area (Å²) in [7, 11) is 0. The molecule has 0 aliphatic rings. The van der Waals surface area contributed by atoms with Gasteiger partial charge in [0.15, 0.2) is 0 Å². The standard InChI is InChI=1S/C15H20BrNO4/c1-10(2)14(15(19)20)17-13(18)7-4-8-21-12-6-3-5-11(16)9-12/h3,5-6,9-10,14H,4,7-8H2,1-2H3,(H,17,18)(H,19,20). The van der Waals surface area contributed by atoms with Gasteiger partial charge >= 0.3 is 5.97 Å². The van der Waals surface area contributed by atoms with Gasteiger partial charge in [0, 0.05) is 10.9 Å². The van der Waals surface area contributed by atoms with Gasteiger partial charge < -0.3 is 15.2 Å². The molecule has 0 saturated heterocycles. The fourth-order valence-electron chi connectivity index (χ4n) is 1.74. The van der Waals surface area contributed by atoms with Crippen molar-refractivity contribution >= 4 is 27.8 Å². The average molecular weight is 358 g/mol. The number of amides is 1. The van der Waals surface area contributed by atoms with Crippen LogP contribution in [0.25, 0.3) is 0 Å². The molecule has 1 aromatic rings. The van der Waals surface area contributed by atoms with Gasteiger partial charge in [-0.15, -0.1) is 0 Å². The highest BCUT2D eigenvalue weighted by Crippen LogP contribution is 2.17. The van der Waals surface area contributed by atoms with Gasteiger partial charge in [-0.3, -0.25) is 4.79 Å². The first kappa shape index (κ1) is 17.5. The molecule has 0 spiro atoms. The molecule has 6 heteroatoms. The molecule has 0 radical (unpaired) electrons. The van der Waals surface area contributed by atoms with Crippen LogP contribution in [0.4, 0.5) is 0 Å². The molecule has 0 aliphatic carbocycles. The lowest BCUT2D eigenvalue weighted by molar-refractivity contribution is -0.143. The smallest absolute Gasteiger partial charge is 0.326 e. The molecule has 21 heavy (non-hydrogen) atoms. The van der Waals surface area contributed by atoms with Crippen molar-refractivity contribution in [3.63, 3.8) is 0 Å². The van der Waals surface area contributed by atoms with E-state index in [1.807, 2.05) is 24.3 Å². The summed E-state index contributed by atoms with van der Waals surface area (Å²) in [6.07, 6.45) is 0.771. The minimum absolute atomic E-state index is 0.149. The maximum absolute atomic E-state index is 11.7. The molecule has 116 valence electrons. The maximum Gasteiger partial charge on any atom is 0.326 e. The van der Waals surface area contributed by atoms with Crippen LogP contribution in [-0.4, -0.2) is 29.6 Å². The highest BCUT2D eigenvalue weighted by molar-refractivity contribution is 9.10. The molecular weight excluding hydrogens is 338 g/mol. The van der Waals surface area contributed by atoms with Crippen LogP contribution in [0.1, 0.15) is 26.7 Å². The van der Waals surface area contributed by atoms with Gasteiger partial charge in [0.2, 0.25) is 5.91 Å². The molecule has 2 N–H and O–H groups in total. The summed E-state index contributed by atoms with van der Waals surface area (Å²) in [5.74, 6) is -0.697. The molecule has 1 aromatic carbocycles. The van der Waals surface area contributed by atoms with Crippen molar-refractivity contribution in [1.29, 1.82) is 0 Å². The second kappa shape index (κ2) is 8.67. The Morgan fingerprint density at radius 3 is 2.67 bits per heavy atom. The van der Waals surface area contributed by atoms with E-state index in [4.69, 9.17) is 9.84 Å². The van der Waals surface area contributed by atoms with Crippen LogP contribution in [0.3, 0.4) is 0 Å². The highest BCUT2D eigenvalue weighted by Gasteiger charge is 2.22. The zero-order chi connectivity index (χ0) is 15.8. The number of benzene rings is 1. The lowest BCUT2D eigenvalue weighted by Gasteiger charge is -2.17. The van der Waals surface area contributed by atoms with Gasteiger partial charge in [-0.2, -0.15) is 0 Å². The summed E-state index contributed by atoms with van der Waals surface area (Å²) in [6.45, 7) is 3.92. The van der Waals surface area contributed by atoms with Crippen LogP contribution in [0.5, 0.6) is 5.75 Å². The fourth-order valence-corrected chi connectivity index (χ4v) is 2.12. The summed E-state index contributed by atoms with van der Waals surface area (Å²) in [6, 6.07) is 6.61. The zero-order valence-corrected chi connectivity index (χ0v) is 13.7. The molecule has 0 bridgehead atoms. The highest BCUT2D eigenvalue weighted by atomic mass is 79.9. The minimum atomic E-state index is -1.01. The Morgan fingerprint density at radius 1 is 1.38 bits per heavy atom. The quantitative estimate of drug-likeness (QED) is 0.701. The van der Waals surface area contributed by atoms with Gasteiger partial charge in [-0.25, -0.2) is 4.79 Å². The summed E-state index contributed by atoms with van der Waals surface area (Å²) in [4.78, 5) is 22.7. The second-order valence-electron chi connectivity index (χ2n) is 5.04. The monoisotopic (exact) mass is 357 g/mol. The Kier molecular flexibility index (Phi) is 7.22. The van der Waals surface area contributed by atoms with E-state index in [2.05, 4.69) is 21.2 Å². The number of carbonyl (C=O) groups is 2. The predicted octanol–water partition coefficient (Wildman–Crippen LogP) is 2.83. The maximum atomic E-state index is 11.7. The molecule has 0 aliphatic heterocycles. The van der Waals surface area contributed by atoms with E-state index >= 15 is 0 Å². The number of ether oxygens (including phenoxy) is 1. The Hall–Kier alpha value is -1.56. The average Bonchev–Trinajstić information content (AvgIpc) is 2.40. The summed E-state index contributed by atoms with van der Waals surface area (Å²) >= 11 is 3.35. The molecule has 1 unspecified atom stereocenters. The van der Waals surface area contributed by atoms with E-state index in [0.29, 0.717) is 13.0 Å². The lowest BCUT2D eigenvalue weighted by Crippen LogP contribution is -2.44. The second-order valence-corrected chi connectivity index (χ2v) is 5.95. The third kappa shape index (κ3) is 6.62. The Balaban J connectivity index is 2.29. The van der Waals surface area contributed by atoms with Crippen molar-refractivity contribution in [2.75, 3.05) is 6.61 Å². The number of rotatable bonds is 8. The topological polar surface area (TPSA) is 75.6 Å². The van der Waals surface area contributed by atoms with Gasteiger partial charge in [-0.05, 0) is 30.5 Å². The normalized spacial score (nSPS) is 12.0. The van der Waals surface area contributed by atoms with Crippen LogP contribution in [0, 0.1) is 5.92 Å². The summed E-state index contributed by atoms with van der Waals surface area (Å²) in [5, 5.41) is 11.5. The molecular formula is C15H20BrNO4. The van der Waals surface area contributed by atoms with E-state index < -0.39 is 12.0 Å². The number of nitrogens with one attached hydrogen (secondary N) is 1. The van der Waals surface area contributed by atoms with Crippen LogP contribution in [0.15, 0.2) is 28.7 Å². The van der Waals surface area contributed by atoms with Crippen LogP contribution in [-0.2, 0) is 9.59 Å². The molecule has 0 heterocycles. The number of hydrogen-bond acceptors (Lipinski definition) is 3. The molecule has 1 rings (SSSR count). The largest absolute Gasteiger partial charge is 0.494 e. The number of halogens is 1. The van der Waals surface area contributed by atoms with Crippen molar-refractivity contribution in [2.24, 2.45) is 5.92 Å². The lowest BCUT2D eigenvalue weighted by atomic mass is 10.0. The number of carboxylic acids is 1. The van der Waals surface area contributed by atoms with Gasteiger partial charge in [0.05, 0.1) is 6.61 Å². The summed E-state index contributed by atoms with van der Waals surface area (Å²) in [5.41, 5.74) is 0. The summed E-state index contributed by atoms with van der Waals surface area (Å²) < 4.78 is 6.44. The van der Waals surface area contributed by atoms with Crippen molar-refractivity contribution in [3.8, 4) is 5.75 Å². The van der Waals surface area contributed by atoms with Crippen LogP contribution < -0.4 is 10.1 Å². The van der Waals surface area contributed by atoms with Crippen molar-refractivity contribution in [3.05, 3.63) is 28.7 Å². The molecule has 0 saturated carbocycles. The van der Waals surface area contributed by atoms with E-state index in [9.17, 15) is 9.59 Å². The molecule has 0 fully saturated rings. The van der Waals surface area contributed by atoms with Crippen LogP contribution in [0.2, 0.25) is 0 Å². The SMILES string of the molecule is CC(C)C(NC(=O)CCCOc1cccc(Br)c1)C(=O)O. The van der Waals surface area contributed by atoms with E-state index in [0.717, 1.165) is 10.2 Å². The first-order chi connectivity index (χ1) is 9.90. The van der Waals surface area contributed by atoms with Crippen molar-refractivity contribution in [1.82, 2.24) is 5.32 Å². The number of aliphatic carboxylic acids is 1. The molecule has 0 aromatic heterocycles. The van der Waals surface area contributed by atoms with Crippen molar-refractivity contribution < 1.29 is 19.4 Å². The van der Waals surface area contributed by atoms with E-state index in [1.165, 1.54) is 0 Å². The first-order valence-electron chi connectivity index (χ1n) is 6.80. The van der Waals surface area contributed by atoms with Crippen molar-refractivity contribution in [2.45, 2.75) is 32.7 Å². The molecule has 1 atom stereocenters. The third-order valence-electron chi connectivity index (χ3n) is 2.86. The van der Waals surface area contributed by atoms with E-state index in [1.54, 1.807) is 13.8 Å². The van der Waals surface area contributed by atoms with Gasteiger partial charge in [-0.1, -0.05) is 35.8 Å². The third-order valence-corrected chi connectivity index (χ3v) is 3.36. The fraction of sp³-hybridized carbons (Fsp3) is 0.467. The Bertz CT molecular complexity index is 490. The molecule has 5 nitrogen and oxygen atoms in total. The number of carbonyl (C=O) groups excluding carboxylic acids is 1. The first-order valence-corrected chi connectivity index (χ1v) is 7.60. The Morgan fingerprint density at radius 2 is 2.10 bits per heavy atom. The zero-order valence-electron chi connectivity index (χ0n) is 12.1. The van der Waals surface area contributed by atoms with Crippen LogP contribution >= 0.6 is 15.9 Å². The van der Waals surface area contributed by atoms with Gasteiger partial charge in [0.25, 0.3) is 0 Å². The van der Waals surface area contributed by atoms with E-state index in [-0.39, 0.29) is 18.2 Å².